The van der Waals surface area contributed by atoms with Gasteiger partial charge in [-0.25, -0.2) is 0 Å². The third kappa shape index (κ3) is 5.96. The Bertz CT molecular complexity index is 392. The minimum atomic E-state index is -0.113. The maximum absolute atomic E-state index is 11.5. The number of carbonyl (C=O) groups excluding carboxylic acids is 1. The van der Waals surface area contributed by atoms with Crippen LogP contribution in [0.1, 0.15) is 52.9 Å². The van der Waals surface area contributed by atoms with Gasteiger partial charge >= 0.3 is 0 Å². The number of hydrogen-bond donors (Lipinski definition) is 3. The molecule has 140 valence electrons. The predicted octanol–water partition coefficient (Wildman–Crippen LogP) is 1.60. The van der Waals surface area contributed by atoms with Gasteiger partial charge in [0, 0.05) is 38.5 Å². The van der Waals surface area contributed by atoms with Crippen molar-refractivity contribution in [2.75, 3.05) is 39.8 Å². The fourth-order valence-corrected chi connectivity index (χ4v) is 3.13. The molecule has 0 unspecified atom stereocenters. The standard InChI is InChI=1S/C18H36N4O2/c1-5-18(6-2,14-23)13-21-17(20-7-3)22-10-8-15(9-11-22)12-16(24)19-4/h15,23H,5-14H2,1-4H3,(H,19,24)(H,20,21). The molecule has 6 nitrogen and oxygen atoms in total. The highest BCUT2D eigenvalue weighted by Crippen LogP contribution is 2.26. The number of aliphatic imine (C=N–C) groups is 1. The van der Waals surface area contributed by atoms with Gasteiger partial charge in [0.25, 0.3) is 0 Å². The molecule has 0 aromatic rings. The van der Waals surface area contributed by atoms with E-state index in [9.17, 15) is 9.90 Å². The molecule has 0 aliphatic carbocycles. The molecule has 6 heteroatoms. The van der Waals surface area contributed by atoms with Gasteiger partial charge in [-0.3, -0.25) is 9.79 Å². The number of aliphatic hydroxyl groups excluding tert-OH is 1. The van der Waals surface area contributed by atoms with Gasteiger partial charge in [-0.1, -0.05) is 13.8 Å². The Morgan fingerprint density at radius 1 is 1.25 bits per heavy atom. The number of aliphatic hydroxyl groups is 1. The van der Waals surface area contributed by atoms with E-state index in [0.29, 0.717) is 18.9 Å². The molecule has 1 saturated heterocycles. The number of piperidine rings is 1. The lowest BCUT2D eigenvalue weighted by atomic mass is 9.83. The molecule has 0 aromatic heterocycles. The van der Waals surface area contributed by atoms with Crippen LogP contribution in [-0.4, -0.2) is 61.7 Å². The van der Waals surface area contributed by atoms with Crippen LogP contribution in [0.4, 0.5) is 0 Å². The van der Waals surface area contributed by atoms with Crippen molar-refractivity contribution in [3.8, 4) is 0 Å². The summed E-state index contributed by atoms with van der Waals surface area (Å²) in [4.78, 5) is 18.6. The van der Waals surface area contributed by atoms with Gasteiger partial charge in [0.05, 0.1) is 13.2 Å². The zero-order chi connectivity index (χ0) is 18.0. The molecule has 0 spiro atoms. The van der Waals surface area contributed by atoms with E-state index in [4.69, 9.17) is 4.99 Å². The monoisotopic (exact) mass is 340 g/mol. The second-order valence-corrected chi connectivity index (χ2v) is 6.84. The first-order chi connectivity index (χ1) is 11.5. The van der Waals surface area contributed by atoms with Gasteiger partial charge in [-0.15, -0.1) is 0 Å². The second-order valence-electron chi connectivity index (χ2n) is 6.84. The van der Waals surface area contributed by atoms with Crippen LogP contribution in [0.5, 0.6) is 0 Å². The lowest BCUT2D eigenvalue weighted by molar-refractivity contribution is -0.121. The van der Waals surface area contributed by atoms with Crippen molar-refractivity contribution in [3.63, 3.8) is 0 Å². The summed E-state index contributed by atoms with van der Waals surface area (Å²) in [6.07, 6.45) is 4.51. The Balaban J connectivity index is 2.66. The zero-order valence-electron chi connectivity index (χ0n) is 15.9. The molecule has 0 atom stereocenters. The number of nitrogens with one attached hydrogen (secondary N) is 2. The number of amides is 1. The first-order valence-electron chi connectivity index (χ1n) is 9.38. The molecule has 1 fully saturated rings. The smallest absolute Gasteiger partial charge is 0.220 e. The van der Waals surface area contributed by atoms with E-state index in [-0.39, 0.29) is 17.9 Å². The summed E-state index contributed by atoms with van der Waals surface area (Å²) in [5.41, 5.74) is -0.113. The zero-order valence-corrected chi connectivity index (χ0v) is 15.9. The quantitative estimate of drug-likeness (QED) is 0.463. The van der Waals surface area contributed by atoms with Crippen LogP contribution in [0.2, 0.25) is 0 Å². The Labute approximate surface area is 147 Å². The molecule has 1 aliphatic heterocycles. The molecule has 0 bridgehead atoms. The third-order valence-corrected chi connectivity index (χ3v) is 5.40. The maximum atomic E-state index is 11.5. The molecule has 1 amide bonds. The molecule has 1 heterocycles. The minimum absolute atomic E-state index is 0.113. The summed E-state index contributed by atoms with van der Waals surface area (Å²) in [5.74, 6) is 1.54. The largest absolute Gasteiger partial charge is 0.396 e. The minimum Gasteiger partial charge on any atom is -0.396 e. The number of guanidine groups is 1. The van der Waals surface area contributed by atoms with E-state index in [1.54, 1.807) is 7.05 Å². The van der Waals surface area contributed by atoms with Crippen molar-refractivity contribution >= 4 is 11.9 Å². The van der Waals surface area contributed by atoms with Gasteiger partial charge in [-0.2, -0.15) is 0 Å². The number of likely N-dealkylation sites (tertiary alicyclic amines) is 1. The van der Waals surface area contributed by atoms with Crippen molar-refractivity contribution < 1.29 is 9.90 Å². The molecule has 1 rings (SSSR count). The molecule has 1 aliphatic rings. The average molecular weight is 341 g/mol. The van der Waals surface area contributed by atoms with Gasteiger partial charge in [0.2, 0.25) is 5.91 Å². The summed E-state index contributed by atoms with van der Waals surface area (Å²) >= 11 is 0. The van der Waals surface area contributed by atoms with E-state index in [2.05, 4.69) is 36.3 Å². The van der Waals surface area contributed by atoms with Crippen molar-refractivity contribution in [2.24, 2.45) is 16.3 Å². The number of rotatable bonds is 8. The van der Waals surface area contributed by atoms with Crippen LogP contribution >= 0.6 is 0 Å². The summed E-state index contributed by atoms with van der Waals surface area (Å²) in [7, 11) is 1.70. The van der Waals surface area contributed by atoms with Crippen LogP contribution in [0, 0.1) is 11.3 Å². The normalized spacial score (nSPS) is 17.0. The highest BCUT2D eigenvalue weighted by Gasteiger charge is 2.27. The van der Waals surface area contributed by atoms with E-state index in [1.165, 1.54) is 0 Å². The highest BCUT2D eigenvalue weighted by atomic mass is 16.3. The first-order valence-corrected chi connectivity index (χ1v) is 9.38. The van der Waals surface area contributed by atoms with Gasteiger partial charge < -0.3 is 20.6 Å². The summed E-state index contributed by atoms with van der Waals surface area (Å²) in [6.45, 7) is 9.83. The fourth-order valence-electron chi connectivity index (χ4n) is 3.13. The van der Waals surface area contributed by atoms with E-state index >= 15 is 0 Å². The lowest BCUT2D eigenvalue weighted by Gasteiger charge is -2.35. The summed E-state index contributed by atoms with van der Waals surface area (Å²) in [6, 6.07) is 0. The Hall–Kier alpha value is -1.30. The SMILES string of the molecule is CCNC(=NCC(CC)(CC)CO)N1CCC(CC(=O)NC)CC1. The van der Waals surface area contributed by atoms with Gasteiger partial charge in [0.1, 0.15) is 0 Å². The van der Waals surface area contributed by atoms with Gasteiger partial charge in [0.15, 0.2) is 5.96 Å². The molecular weight excluding hydrogens is 304 g/mol. The number of carbonyl (C=O) groups is 1. The van der Waals surface area contributed by atoms with E-state index in [1.807, 2.05) is 0 Å². The van der Waals surface area contributed by atoms with Crippen molar-refractivity contribution in [1.82, 2.24) is 15.5 Å². The van der Waals surface area contributed by atoms with Gasteiger partial charge in [-0.05, 0) is 38.5 Å². The molecule has 0 aromatic carbocycles. The lowest BCUT2D eigenvalue weighted by Crippen LogP contribution is -2.46. The molecule has 0 saturated carbocycles. The predicted molar refractivity (Wildman–Crippen MR) is 99.1 cm³/mol. The van der Waals surface area contributed by atoms with Crippen molar-refractivity contribution in [1.29, 1.82) is 0 Å². The maximum Gasteiger partial charge on any atom is 0.220 e. The molecular formula is C18H36N4O2. The topological polar surface area (TPSA) is 77.0 Å². The molecule has 24 heavy (non-hydrogen) atoms. The van der Waals surface area contributed by atoms with Crippen LogP contribution in [0.25, 0.3) is 0 Å². The average Bonchev–Trinajstić information content (AvgIpc) is 2.63. The Morgan fingerprint density at radius 2 is 1.88 bits per heavy atom. The second kappa shape index (κ2) is 10.5. The first kappa shape index (κ1) is 20.7. The fraction of sp³-hybridized carbons (Fsp3) is 0.889. The van der Waals surface area contributed by atoms with Crippen molar-refractivity contribution in [2.45, 2.75) is 52.9 Å². The number of hydrogen-bond acceptors (Lipinski definition) is 3. The molecule has 3 N–H and O–H groups in total. The summed E-state index contributed by atoms with van der Waals surface area (Å²) in [5, 5.41) is 15.8. The summed E-state index contributed by atoms with van der Waals surface area (Å²) < 4.78 is 0. The number of nitrogens with zero attached hydrogens (tertiary/aromatic N) is 2. The van der Waals surface area contributed by atoms with Crippen LogP contribution in [0.15, 0.2) is 4.99 Å². The third-order valence-electron chi connectivity index (χ3n) is 5.40. The van der Waals surface area contributed by atoms with Crippen LogP contribution < -0.4 is 10.6 Å². The van der Waals surface area contributed by atoms with Crippen LogP contribution in [0.3, 0.4) is 0 Å². The molecule has 0 radical (unpaired) electrons. The highest BCUT2D eigenvalue weighted by molar-refractivity contribution is 5.80. The Kier molecular flexibility index (Phi) is 9.11. The van der Waals surface area contributed by atoms with E-state index < -0.39 is 0 Å². The Morgan fingerprint density at radius 3 is 2.33 bits per heavy atom. The van der Waals surface area contributed by atoms with Crippen LogP contribution in [-0.2, 0) is 4.79 Å². The van der Waals surface area contributed by atoms with E-state index in [0.717, 1.165) is 51.3 Å². The van der Waals surface area contributed by atoms with Crippen molar-refractivity contribution in [3.05, 3.63) is 0 Å².